The van der Waals surface area contributed by atoms with E-state index in [0.717, 1.165) is 0 Å². The van der Waals surface area contributed by atoms with Crippen LogP contribution in [0.15, 0.2) is 12.1 Å². The first kappa shape index (κ1) is 15.2. The minimum atomic E-state index is -0.631. The zero-order valence-electron chi connectivity index (χ0n) is 12.0. The van der Waals surface area contributed by atoms with Gasteiger partial charge in [0.05, 0.1) is 20.3 Å². The van der Waals surface area contributed by atoms with Crippen LogP contribution in [0.1, 0.15) is 17.4 Å². The number of anilines is 1. The zero-order valence-corrected chi connectivity index (χ0v) is 12.0. The fourth-order valence-corrected chi connectivity index (χ4v) is 2.00. The lowest BCUT2D eigenvalue weighted by Crippen LogP contribution is -2.47. The van der Waals surface area contributed by atoms with Gasteiger partial charge in [-0.15, -0.1) is 10.2 Å². The van der Waals surface area contributed by atoms with Crippen LogP contribution in [-0.4, -0.2) is 61.5 Å². The second kappa shape index (κ2) is 6.98. The third kappa shape index (κ3) is 3.66. The molecule has 1 amide bonds. The molecule has 0 aliphatic carbocycles. The highest BCUT2D eigenvalue weighted by atomic mass is 16.6. The number of esters is 1. The van der Waals surface area contributed by atoms with Crippen LogP contribution < -0.4 is 10.2 Å². The number of rotatable bonds is 4. The van der Waals surface area contributed by atoms with Crippen molar-refractivity contribution in [2.45, 2.75) is 13.0 Å². The Labute approximate surface area is 122 Å². The van der Waals surface area contributed by atoms with Crippen LogP contribution in [0.2, 0.25) is 0 Å². The molecule has 1 aliphatic rings. The van der Waals surface area contributed by atoms with E-state index in [1.807, 2.05) is 11.8 Å². The van der Waals surface area contributed by atoms with Crippen LogP contribution in [0.25, 0.3) is 0 Å². The fourth-order valence-electron chi connectivity index (χ4n) is 2.00. The van der Waals surface area contributed by atoms with Crippen LogP contribution in [0.3, 0.4) is 0 Å². The van der Waals surface area contributed by atoms with Gasteiger partial charge in [-0.05, 0) is 19.1 Å². The van der Waals surface area contributed by atoms with E-state index in [-0.39, 0.29) is 11.6 Å². The molecular weight excluding hydrogens is 276 g/mol. The van der Waals surface area contributed by atoms with Crippen molar-refractivity contribution in [3.05, 3.63) is 17.8 Å². The molecule has 2 heterocycles. The minimum absolute atomic E-state index is 0.258. The fraction of sp³-hybridized carbons (Fsp3) is 0.538. The summed E-state index contributed by atoms with van der Waals surface area (Å²) >= 11 is 0. The molecule has 0 radical (unpaired) electrons. The highest BCUT2D eigenvalue weighted by Crippen LogP contribution is 2.15. The first-order valence-corrected chi connectivity index (χ1v) is 6.72. The standard InChI is InChI=1S/C13H18N4O4/c1-3-14-12(18)9-4-5-11(16-15-9)17-6-7-21-10(8-17)13(19)20-2/h4-5,10H,3,6-8H2,1-2H3,(H,14,18). The van der Waals surface area contributed by atoms with Crippen molar-refractivity contribution in [3.8, 4) is 0 Å². The van der Waals surface area contributed by atoms with E-state index < -0.39 is 12.1 Å². The Morgan fingerprint density at radius 1 is 1.48 bits per heavy atom. The van der Waals surface area contributed by atoms with Gasteiger partial charge in [-0.3, -0.25) is 4.79 Å². The lowest BCUT2D eigenvalue weighted by Gasteiger charge is -2.31. The van der Waals surface area contributed by atoms with Crippen molar-refractivity contribution in [2.24, 2.45) is 0 Å². The van der Waals surface area contributed by atoms with Crippen LogP contribution in [0, 0.1) is 0 Å². The number of nitrogens with one attached hydrogen (secondary N) is 1. The van der Waals surface area contributed by atoms with E-state index in [0.29, 0.717) is 32.1 Å². The Bertz CT molecular complexity index is 505. The number of nitrogens with zero attached hydrogens (tertiary/aromatic N) is 3. The summed E-state index contributed by atoms with van der Waals surface area (Å²) in [5, 5.41) is 10.6. The number of carbonyl (C=O) groups is 2. The molecular formula is C13H18N4O4. The second-order valence-corrected chi connectivity index (χ2v) is 4.46. The number of morpholine rings is 1. The number of hydrogen-bond acceptors (Lipinski definition) is 7. The summed E-state index contributed by atoms with van der Waals surface area (Å²) in [6.45, 7) is 3.72. The second-order valence-electron chi connectivity index (χ2n) is 4.46. The van der Waals surface area contributed by atoms with Crippen molar-refractivity contribution in [3.63, 3.8) is 0 Å². The largest absolute Gasteiger partial charge is 0.467 e. The maximum Gasteiger partial charge on any atom is 0.336 e. The van der Waals surface area contributed by atoms with Gasteiger partial charge in [0.25, 0.3) is 5.91 Å². The number of aromatic nitrogens is 2. The molecule has 0 spiro atoms. The van der Waals surface area contributed by atoms with Crippen molar-refractivity contribution in [1.82, 2.24) is 15.5 Å². The van der Waals surface area contributed by atoms with Crippen molar-refractivity contribution in [2.75, 3.05) is 38.3 Å². The predicted octanol–water partition coefficient (Wildman–Crippen LogP) is -0.395. The quantitative estimate of drug-likeness (QED) is 0.755. The molecule has 2 rings (SSSR count). The van der Waals surface area contributed by atoms with E-state index in [1.165, 1.54) is 7.11 Å². The monoisotopic (exact) mass is 294 g/mol. The van der Waals surface area contributed by atoms with Crippen LogP contribution in [0.4, 0.5) is 5.82 Å². The topological polar surface area (TPSA) is 93.7 Å². The summed E-state index contributed by atoms with van der Waals surface area (Å²) in [4.78, 5) is 25.0. The Morgan fingerprint density at radius 2 is 2.29 bits per heavy atom. The first-order valence-electron chi connectivity index (χ1n) is 6.72. The van der Waals surface area contributed by atoms with Gasteiger partial charge in [0.2, 0.25) is 0 Å². The molecule has 1 aromatic heterocycles. The van der Waals surface area contributed by atoms with E-state index in [2.05, 4.69) is 20.3 Å². The highest BCUT2D eigenvalue weighted by molar-refractivity contribution is 5.92. The molecule has 114 valence electrons. The van der Waals surface area contributed by atoms with Gasteiger partial charge in [0.15, 0.2) is 17.6 Å². The van der Waals surface area contributed by atoms with Gasteiger partial charge < -0.3 is 19.7 Å². The van der Waals surface area contributed by atoms with Crippen LogP contribution >= 0.6 is 0 Å². The summed E-state index contributed by atoms with van der Waals surface area (Å²) in [6.07, 6.45) is -0.631. The molecule has 1 N–H and O–H groups in total. The zero-order chi connectivity index (χ0) is 15.2. The Hall–Kier alpha value is -2.22. The maximum absolute atomic E-state index is 11.6. The van der Waals surface area contributed by atoms with Gasteiger partial charge in [-0.2, -0.15) is 0 Å². The van der Waals surface area contributed by atoms with Gasteiger partial charge in [-0.25, -0.2) is 4.79 Å². The minimum Gasteiger partial charge on any atom is -0.467 e. The maximum atomic E-state index is 11.6. The molecule has 1 aliphatic heterocycles. The number of methoxy groups -OCH3 is 1. The number of ether oxygens (including phenoxy) is 2. The lowest BCUT2D eigenvalue weighted by atomic mass is 10.2. The molecule has 8 heteroatoms. The van der Waals surface area contributed by atoms with Gasteiger partial charge in [-0.1, -0.05) is 0 Å². The third-order valence-corrected chi connectivity index (χ3v) is 3.07. The molecule has 21 heavy (non-hydrogen) atoms. The summed E-state index contributed by atoms with van der Waals surface area (Å²) in [5.41, 5.74) is 0.262. The van der Waals surface area contributed by atoms with Crippen LogP contribution in [0.5, 0.6) is 0 Å². The number of carbonyl (C=O) groups excluding carboxylic acids is 2. The molecule has 8 nitrogen and oxygen atoms in total. The normalized spacial score (nSPS) is 18.2. The van der Waals surface area contributed by atoms with E-state index in [9.17, 15) is 9.59 Å². The molecule has 1 unspecified atom stereocenters. The molecule has 1 aromatic rings. The summed E-state index contributed by atoms with van der Waals surface area (Å²) in [5.74, 6) is -0.0715. The average Bonchev–Trinajstić information content (AvgIpc) is 2.54. The van der Waals surface area contributed by atoms with Crippen molar-refractivity contribution in [1.29, 1.82) is 0 Å². The Morgan fingerprint density at radius 3 is 2.90 bits per heavy atom. The SMILES string of the molecule is CCNC(=O)c1ccc(N2CCOC(C(=O)OC)C2)nn1. The predicted molar refractivity (Wildman–Crippen MR) is 74.0 cm³/mol. The molecule has 1 fully saturated rings. The molecule has 0 bridgehead atoms. The molecule has 0 aromatic carbocycles. The first-order chi connectivity index (χ1) is 10.2. The van der Waals surface area contributed by atoms with E-state index in [1.54, 1.807) is 12.1 Å². The smallest absolute Gasteiger partial charge is 0.336 e. The molecule has 1 saturated heterocycles. The van der Waals surface area contributed by atoms with Crippen molar-refractivity contribution < 1.29 is 19.1 Å². The number of amides is 1. The summed E-state index contributed by atoms with van der Waals surface area (Å²) in [6, 6.07) is 3.31. The third-order valence-electron chi connectivity index (χ3n) is 3.07. The van der Waals surface area contributed by atoms with Gasteiger partial charge in [0.1, 0.15) is 0 Å². The Balaban J connectivity index is 2.04. The number of hydrogen-bond donors (Lipinski definition) is 1. The summed E-state index contributed by atoms with van der Waals surface area (Å²) in [7, 11) is 1.32. The molecule has 0 saturated carbocycles. The van der Waals surface area contributed by atoms with Crippen LogP contribution in [-0.2, 0) is 14.3 Å². The Kier molecular flexibility index (Phi) is 5.04. The van der Waals surface area contributed by atoms with Crippen molar-refractivity contribution >= 4 is 17.7 Å². The van der Waals surface area contributed by atoms with E-state index >= 15 is 0 Å². The van der Waals surface area contributed by atoms with E-state index in [4.69, 9.17) is 4.74 Å². The summed E-state index contributed by atoms with van der Waals surface area (Å²) < 4.78 is 10.0. The highest BCUT2D eigenvalue weighted by Gasteiger charge is 2.28. The molecule has 1 atom stereocenters. The van der Waals surface area contributed by atoms with Gasteiger partial charge in [0, 0.05) is 13.1 Å². The average molecular weight is 294 g/mol. The van der Waals surface area contributed by atoms with Gasteiger partial charge >= 0.3 is 5.97 Å². The lowest BCUT2D eigenvalue weighted by molar-refractivity contribution is -0.154.